The van der Waals surface area contributed by atoms with Gasteiger partial charge in [-0.25, -0.2) is 0 Å². The Morgan fingerprint density at radius 3 is 1.69 bits per heavy atom. The van der Waals surface area contributed by atoms with E-state index in [1.165, 1.54) is 33.1 Å². The molecule has 0 saturated carbocycles. The maximum Gasteiger partial charge on any atom is 0.494 e. The molecule has 5 aliphatic heterocycles. The Bertz CT molecular complexity index is 1760. The van der Waals surface area contributed by atoms with Crippen molar-refractivity contribution in [3.8, 4) is 23.0 Å². The molecule has 0 amide bonds. The molecule has 5 aliphatic rings. The molecule has 7 nitrogen and oxygen atoms in total. The Hall–Kier alpha value is -3.54. The molecule has 0 atom stereocenters. The molecule has 0 spiro atoms. The zero-order chi connectivity index (χ0) is 35.8. The first kappa shape index (κ1) is 37.2. The molecule has 0 aliphatic carbocycles. The summed E-state index contributed by atoms with van der Waals surface area (Å²) in [7, 11) is -0.280. The first-order valence-corrected chi connectivity index (χ1v) is 19.2. The fourth-order valence-electron chi connectivity index (χ4n) is 6.34. The van der Waals surface area contributed by atoms with Crippen LogP contribution in [0, 0.1) is 3.57 Å². The second kappa shape index (κ2) is 16.9. The van der Waals surface area contributed by atoms with Crippen LogP contribution in [0.2, 0.25) is 0 Å². The third-order valence-electron chi connectivity index (χ3n) is 9.92. The van der Waals surface area contributed by atoms with E-state index in [0.29, 0.717) is 13.0 Å². The molecule has 0 aromatic heterocycles. The van der Waals surface area contributed by atoms with Crippen LogP contribution in [0.4, 0.5) is 0 Å². The SMILES string of the molecule is CC1(C)OB(c2ccc3c(c2)CCCO3)OC1(C)C.Ic1ccc2c(c1)CCCO2.O=C1CCOc2ccccc21.c1ccc2c(c1)CCCO2. The average molecular weight is 803 g/mol. The fourth-order valence-corrected chi connectivity index (χ4v) is 6.90. The maximum atomic E-state index is 11.2. The van der Waals surface area contributed by atoms with Crippen LogP contribution < -0.4 is 24.4 Å². The lowest BCUT2D eigenvalue weighted by molar-refractivity contribution is 0.00578. The second-order valence-corrected chi connectivity index (χ2v) is 15.4. The molecule has 51 heavy (non-hydrogen) atoms. The lowest BCUT2D eigenvalue weighted by Crippen LogP contribution is -2.41. The molecule has 1 fully saturated rings. The highest BCUT2D eigenvalue weighted by atomic mass is 127. The minimum Gasteiger partial charge on any atom is -0.493 e. The number of ketones is 1. The molecule has 268 valence electrons. The summed E-state index contributed by atoms with van der Waals surface area (Å²) in [6.45, 7) is 11.4. The van der Waals surface area contributed by atoms with Crippen molar-refractivity contribution in [2.75, 3.05) is 26.4 Å². The first-order chi connectivity index (χ1) is 24.6. The summed E-state index contributed by atoms with van der Waals surface area (Å²) in [6.07, 6.45) is 7.34. The highest BCUT2D eigenvalue weighted by Gasteiger charge is 2.51. The van der Waals surface area contributed by atoms with E-state index in [4.69, 9.17) is 28.3 Å². The molecule has 1 saturated heterocycles. The summed E-state index contributed by atoms with van der Waals surface area (Å²) in [6, 6.07) is 28.2. The van der Waals surface area contributed by atoms with Gasteiger partial charge >= 0.3 is 7.12 Å². The number of aryl methyl sites for hydroxylation is 3. The zero-order valence-electron chi connectivity index (χ0n) is 30.2. The maximum absolute atomic E-state index is 11.2. The minimum absolute atomic E-state index is 0.187. The van der Waals surface area contributed by atoms with Crippen molar-refractivity contribution in [3.63, 3.8) is 0 Å². The third kappa shape index (κ3) is 9.48. The van der Waals surface area contributed by atoms with Gasteiger partial charge in [0.2, 0.25) is 0 Å². The van der Waals surface area contributed by atoms with E-state index >= 15 is 0 Å². The number of carbonyl (C=O) groups excluding carboxylic acids is 1. The Morgan fingerprint density at radius 1 is 0.549 bits per heavy atom. The molecular weight excluding hydrogens is 754 g/mol. The number of fused-ring (bicyclic) bond motifs is 4. The summed E-state index contributed by atoms with van der Waals surface area (Å²) < 4.78 is 35.3. The summed E-state index contributed by atoms with van der Waals surface area (Å²) in [4.78, 5) is 11.2. The van der Waals surface area contributed by atoms with Crippen LogP contribution in [-0.4, -0.2) is 50.5 Å². The van der Waals surface area contributed by atoms with Crippen LogP contribution in [0.25, 0.3) is 0 Å². The largest absolute Gasteiger partial charge is 0.494 e. The van der Waals surface area contributed by atoms with Gasteiger partial charge in [0.15, 0.2) is 5.78 Å². The van der Waals surface area contributed by atoms with Crippen molar-refractivity contribution >= 4 is 41.0 Å². The zero-order valence-corrected chi connectivity index (χ0v) is 32.3. The number of carbonyl (C=O) groups is 1. The van der Waals surface area contributed by atoms with Gasteiger partial charge in [-0.15, -0.1) is 0 Å². The molecule has 5 heterocycles. The highest BCUT2D eigenvalue weighted by Crippen LogP contribution is 2.37. The van der Waals surface area contributed by atoms with Crippen molar-refractivity contribution in [1.29, 1.82) is 0 Å². The van der Waals surface area contributed by atoms with Gasteiger partial charge in [0.25, 0.3) is 0 Å². The second-order valence-electron chi connectivity index (χ2n) is 14.2. The number of ether oxygens (including phenoxy) is 4. The van der Waals surface area contributed by atoms with E-state index in [2.05, 4.69) is 86.7 Å². The normalized spacial score (nSPS) is 18.6. The van der Waals surface area contributed by atoms with Crippen molar-refractivity contribution in [2.45, 2.75) is 83.8 Å². The quantitative estimate of drug-likeness (QED) is 0.141. The molecule has 4 aromatic carbocycles. The average Bonchev–Trinajstić information content (AvgIpc) is 3.38. The molecule has 9 heteroatoms. The van der Waals surface area contributed by atoms with Gasteiger partial charge in [-0.3, -0.25) is 4.79 Å². The van der Waals surface area contributed by atoms with Crippen LogP contribution >= 0.6 is 22.6 Å². The van der Waals surface area contributed by atoms with Crippen LogP contribution in [-0.2, 0) is 28.6 Å². The smallest absolute Gasteiger partial charge is 0.493 e. The van der Waals surface area contributed by atoms with Crippen LogP contribution in [0.5, 0.6) is 23.0 Å². The third-order valence-corrected chi connectivity index (χ3v) is 10.6. The van der Waals surface area contributed by atoms with Gasteiger partial charge in [0, 0.05) is 9.99 Å². The minimum atomic E-state index is -0.288. The number of Topliss-reactive ketones (excluding diaryl/α,β-unsaturated/α-hetero) is 1. The van der Waals surface area contributed by atoms with Gasteiger partial charge < -0.3 is 28.3 Å². The Balaban J connectivity index is 0.000000122. The van der Waals surface area contributed by atoms with E-state index in [1.54, 1.807) is 6.07 Å². The fraction of sp³-hybridized carbons (Fsp3) is 0.405. The van der Waals surface area contributed by atoms with Gasteiger partial charge in [0.1, 0.15) is 23.0 Å². The van der Waals surface area contributed by atoms with Crippen molar-refractivity contribution in [3.05, 3.63) is 111 Å². The highest BCUT2D eigenvalue weighted by molar-refractivity contribution is 14.1. The van der Waals surface area contributed by atoms with E-state index in [9.17, 15) is 4.79 Å². The molecule has 9 rings (SSSR count). The number of benzene rings is 4. The topological polar surface area (TPSA) is 72.5 Å². The molecule has 4 aromatic rings. The summed E-state index contributed by atoms with van der Waals surface area (Å²) in [5, 5.41) is 0. The Kier molecular flexibility index (Phi) is 12.3. The van der Waals surface area contributed by atoms with Crippen molar-refractivity contribution in [1.82, 2.24) is 0 Å². The van der Waals surface area contributed by atoms with Gasteiger partial charge in [-0.2, -0.15) is 0 Å². The molecular formula is C42H48BIO7. The molecule has 0 radical (unpaired) electrons. The Morgan fingerprint density at radius 2 is 1.06 bits per heavy atom. The molecule has 0 unspecified atom stereocenters. The van der Waals surface area contributed by atoms with E-state index in [-0.39, 0.29) is 24.1 Å². The van der Waals surface area contributed by atoms with Gasteiger partial charge in [-0.1, -0.05) is 42.5 Å². The predicted molar refractivity (Wildman–Crippen MR) is 210 cm³/mol. The van der Waals surface area contributed by atoms with E-state index < -0.39 is 0 Å². The van der Waals surface area contributed by atoms with Gasteiger partial charge in [0.05, 0.1) is 43.2 Å². The van der Waals surface area contributed by atoms with Crippen LogP contribution in [0.1, 0.15) is 80.4 Å². The predicted octanol–water partition coefficient (Wildman–Crippen LogP) is 8.59. The Labute approximate surface area is 316 Å². The molecule has 0 bridgehead atoms. The van der Waals surface area contributed by atoms with Crippen LogP contribution in [0.15, 0.2) is 84.9 Å². The van der Waals surface area contributed by atoms with Crippen molar-refractivity contribution in [2.24, 2.45) is 0 Å². The lowest BCUT2D eigenvalue weighted by Gasteiger charge is -2.32. The van der Waals surface area contributed by atoms with Crippen molar-refractivity contribution < 1.29 is 33.1 Å². The first-order valence-electron chi connectivity index (χ1n) is 18.1. The number of halogens is 1. The number of hydrogen-bond donors (Lipinski definition) is 0. The summed E-state index contributed by atoms with van der Waals surface area (Å²) in [5.74, 6) is 4.08. The number of rotatable bonds is 1. The van der Waals surface area contributed by atoms with E-state index in [1.807, 2.05) is 42.5 Å². The van der Waals surface area contributed by atoms with Crippen LogP contribution in [0.3, 0.4) is 0 Å². The standard InChI is InChI=1S/C15H21BO3.C9H9IO.C9H8O2.C9H10O/c1-14(2)15(3,4)19-16(18-14)12-7-8-13-11(10-12)6-5-9-17-13;10-8-3-4-9-7(6-8)2-1-5-11-9;10-8-5-6-11-9-4-2-1-3-7(8)9;1-2-6-9-8(4-1)5-3-7-10-9/h7-8,10H,5-6,9H2,1-4H3;3-4,6H,1-2,5H2;1-4H,5-6H2;1-2,4,6H,3,5,7H2. The lowest BCUT2D eigenvalue weighted by atomic mass is 9.78. The number of para-hydroxylation sites is 2. The molecule has 0 N–H and O–H groups in total. The number of hydrogen-bond acceptors (Lipinski definition) is 7. The van der Waals surface area contributed by atoms with Gasteiger partial charge in [-0.05, 0) is 153 Å². The summed E-state index contributed by atoms with van der Waals surface area (Å²) >= 11 is 2.33. The van der Waals surface area contributed by atoms with E-state index in [0.717, 1.165) is 79.5 Å². The monoisotopic (exact) mass is 802 g/mol. The summed E-state index contributed by atoms with van der Waals surface area (Å²) in [5.41, 5.74) is 5.21.